The third-order valence-corrected chi connectivity index (χ3v) is 4.02. The Morgan fingerprint density at radius 2 is 1.50 bits per heavy atom. The maximum absolute atomic E-state index is 13.8. The maximum atomic E-state index is 13.8. The second-order valence-electron chi connectivity index (χ2n) is 5.64. The first-order valence-electron chi connectivity index (χ1n) is 8.04. The number of benzene rings is 3. The Kier molecular flexibility index (Phi) is 4.76. The average Bonchev–Trinajstić information content (AvgIpc) is 2.61. The molecule has 0 spiro atoms. The zero-order chi connectivity index (χ0) is 16.9. The molecule has 120 valence electrons. The number of hydrogen-bond acceptors (Lipinski definition) is 1. The third kappa shape index (κ3) is 3.23. The first-order chi connectivity index (χ1) is 11.7. The van der Waals surface area contributed by atoms with Crippen molar-refractivity contribution in [3.8, 4) is 0 Å². The van der Waals surface area contributed by atoms with E-state index in [1.54, 1.807) is 12.1 Å². The lowest BCUT2D eigenvalue weighted by Gasteiger charge is -2.29. The van der Waals surface area contributed by atoms with Crippen LogP contribution in [0.1, 0.15) is 18.1 Å². The molecule has 0 radical (unpaired) electrons. The fraction of sp³-hybridized carbons (Fsp3) is 0.0909. The Hall–Kier alpha value is -2.87. The summed E-state index contributed by atoms with van der Waals surface area (Å²) in [5, 5.41) is 0. The summed E-state index contributed by atoms with van der Waals surface area (Å²) in [5.74, 6) is -0.242. The Balaban J connectivity index is 2.19. The highest BCUT2D eigenvalue weighted by molar-refractivity contribution is 5.88. The van der Waals surface area contributed by atoms with Crippen LogP contribution in [-0.4, -0.2) is 0 Å². The van der Waals surface area contributed by atoms with Crippen molar-refractivity contribution in [3.05, 3.63) is 102 Å². The third-order valence-electron chi connectivity index (χ3n) is 4.02. The smallest absolute Gasteiger partial charge is 0.125 e. The van der Waals surface area contributed by atoms with Crippen LogP contribution in [0.3, 0.4) is 0 Å². The molecule has 0 saturated carbocycles. The summed E-state index contributed by atoms with van der Waals surface area (Å²) in [6.45, 7) is 4.10. The molecule has 0 amide bonds. The molecule has 0 saturated heterocycles. The summed E-state index contributed by atoms with van der Waals surface area (Å²) < 4.78 is 13.8. The molecule has 24 heavy (non-hydrogen) atoms. The normalized spacial score (nSPS) is 11.4. The predicted octanol–water partition coefficient (Wildman–Crippen LogP) is 6.33. The fourth-order valence-electron chi connectivity index (χ4n) is 2.88. The van der Waals surface area contributed by atoms with Gasteiger partial charge in [0, 0.05) is 22.6 Å². The molecule has 3 aromatic rings. The number of allylic oxidation sites excluding steroid dienone is 1. The summed E-state index contributed by atoms with van der Waals surface area (Å²) in [7, 11) is 0. The van der Waals surface area contributed by atoms with Crippen LogP contribution in [-0.2, 0) is 0 Å². The van der Waals surface area contributed by atoms with Crippen molar-refractivity contribution in [1.29, 1.82) is 0 Å². The van der Waals surface area contributed by atoms with Crippen LogP contribution in [0.4, 0.5) is 15.8 Å². The SMILES string of the molecule is C/C=C(\c1ccccc1C)N(c1ccccc1)c1cccc(F)c1. The Morgan fingerprint density at radius 3 is 2.17 bits per heavy atom. The van der Waals surface area contributed by atoms with Gasteiger partial charge in [0.1, 0.15) is 5.82 Å². The molecule has 0 atom stereocenters. The minimum atomic E-state index is -0.242. The van der Waals surface area contributed by atoms with E-state index < -0.39 is 0 Å². The van der Waals surface area contributed by atoms with E-state index in [0.717, 1.165) is 22.6 Å². The first kappa shape index (κ1) is 16.0. The van der Waals surface area contributed by atoms with Gasteiger partial charge in [0.25, 0.3) is 0 Å². The van der Waals surface area contributed by atoms with Crippen LogP contribution in [0.2, 0.25) is 0 Å². The fourth-order valence-corrected chi connectivity index (χ4v) is 2.88. The molecule has 0 aliphatic heterocycles. The van der Waals surface area contributed by atoms with E-state index in [4.69, 9.17) is 0 Å². The van der Waals surface area contributed by atoms with Gasteiger partial charge in [-0.05, 0) is 49.7 Å². The molecular weight excluding hydrogens is 297 g/mol. The average molecular weight is 317 g/mol. The van der Waals surface area contributed by atoms with Crippen LogP contribution in [0.5, 0.6) is 0 Å². The second-order valence-corrected chi connectivity index (χ2v) is 5.64. The standard InChI is InChI=1S/C22H20FN/c1-3-22(21-15-8-7-10-17(21)2)24(19-12-5-4-6-13-19)20-14-9-11-18(23)16-20/h3-16H,1-2H3/b22-3+. The van der Waals surface area contributed by atoms with Gasteiger partial charge in [0.05, 0.1) is 0 Å². The topological polar surface area (TPSA) is 3.24 Å². The van der Waals surface area contributed by atoms with Gasteiger partial charge in [-0.15, -0.1) is 0 Å². The highest BCUT2D eigenvalue weighted by Crippen LogP contribution is 2.35. The van der Waals surface area contributed by atoms with Crippen molar-refractivity contribution >= 4 is 17.1 Å². The summed E-state index contributed by atoms with van der Waals surface area (Å²) >= 11 is 0. The molecule has 0 fully saturated rings. The number of para-hydroxylation sites is 1. The van der Waals surface area contributed by atoms with Crippen molar-refractivity contribution in [1.82, 2.24) is 0 Å². The summed E-state index contributed by atoms with van der Waals surface area (Å²) in [5.41, 5.74) is 5.15. The van der Waals surface area contributed by atoms with Crippen molar-refractivity contribution in [2.75, 3.05) is 4.90 Å². The van der Waals surface area contributed by atoms with Crippen LogP contribution < -0.4 is 4.90 Å². The predicted molar refractivity (Wildman–Crippen MR) is 99.8 cm³/mol. The molecule has 0 aliphatic carbocycles. The zero-order valence-corrected chi connectivity index (χ0v) is 13.9. The molecule has 0 unspecified atom stereocenters. The van der Waals surface area contributed by atoms with Crippen LogP contribution in [0, 0.1) is 12.7 Å². The lowest BCUT2D eigenvalue weighted by Crippen LogP contribution is -2.16. The van der Waals surface area contributed by atoms with Crippen molar-refractivity contribution < 1.29 is 4.39 Å². The number of nitrogens with zero attached hydrogens (tertiary/aromatic N) is 1. The summed E-state index contributed by atoms with van der Waals surface area (Å²) in [6, 6.07) is 25.0. The first-order valence-corrected chi connectivity index (χ1v) is 8.04. The molecule has 3 aromatic carbocycles. The second kappa shape index (κ2) is 7.14. The molecule has 0 bridgehead atoms. The lowest BCUT2D eigenvalue weighted by atomic mass is 10.0. The highest BCUT2D eigenvalue weighted by Gasteiger charge is 2.17. The van der Waals surface area contributed by atoms with E-state index in [-0.39, 0.29) is 5.82 Å². The number of aryl methyl sites for hydroxylation is 1. The minimum Gasteiger partial charge on any atom is -0.310 e. The van der Waals surface area contributed by atoms with Gasteiger partial charge < -0.3 is 4.90 Å². The van der Waals surface area contributed by atoms with Crippen LogP contribution in [0.25, 0.3) is 5.70 Å². The van der Waals surface area contributed by atoms with Gasteiger partial charge in [-0.25, -0.2) is 4.39 Å². The van der Waals surface area contributed by atoms with Crippen molar-refractivity contribution in [3.63, 3.8) is 0 Å². The molecule has 2 heteroatoms. The van der Waals surface area contributed by atoms with E-state index >= 15 is 0 Å². The van der Waals surface area contributed by atoms with Gasteiger partial charge in [0.2, 0.25) is 0 Å². The van der Waals surface area contributed by atoms with E-state index in [1.165, 1.54) is 11.6 Å². The van der Waals surface area contributed by atoms with Crippen molar-refractivity contribution in [2.24, 2.45) is 0 Å². The Bertz CT molecular complexity index is 853. The van der Waals surface area contributed by atoms with Gasteiger partial charge >= 0.3 is 0 Å². The number of rotatable bonds is 4. The number of anilines is 2. The zero-order valence-electron chi connectivity index (χ0n) is 13.9. The van der Waals surface area contributed by atoms with Gasteiger partial charge in [-0.1, -0.05) is 54.6 Å². The molecule has 3 rings (SSSR count). The van der Waals surface area contributed by atoms with Gasteiger partial charge in [-0.2, -0.15) is 0 Å². The van der Waals surface area contributed by atoms with Crippen molar-refractivity contribution in [2.45, 2.75) is 13.8 Å². The summed E-state index contributed by atoms with van der Waals surface area (Å²) in [6.07, 6.45) is 2.07. The number of hydrogen-bond donors (Lipinski definition) is 0. The highest BCUT2D eigenvalue weighted by atomic mass is 19.1. The lowest BCUT2D eigenvalue weighted by molar-refractivity contribution is 0.628. The summed E-state index contributed by atoms with van der Waals surface area (Å²) in [4.78, 5) is 2.09. The monoisotopic (exact) mass is 317 g/mol. The van der Waals surface area contributed by atoms with Crippen LogP contribution in [0.15, 0.2) is 84.9 Å². The van der Waals surface area contributed by atoms with Crippen LogP contribution >= 0.6 is 0 Å². The Labute approximate surface area is 142 Å². The molecule has 1 nitrogen and oxygen atoms in total. The number of halogens is 1. The largest absolute Gasteiger partial charge is 0.310 e. The molecule has 0 aromatic heterocycles. The van der Waals surface area contributed by atoms with E-state index in [0.29, 0.717) is 0 Å². The minimum absolute atomic E-state index is 0.242. The maximum Gasteiger partial charge on any atom is 0.125 e. The van der Waals surface area contributed by atoms with E-state index in [1.807, 2.05) is 55.5 Å². The molecule has 0 N–H and O–H groups in total. The molecule has 0 aliphatic rings. The van der Waals surface area contributed by atoms with Gasteiger partial charge in [-0.3, -0.25) is 0 Å². The Morgan fingerprint density at radius 1 is 0.833 bits per heavy atom. The quantitative estimate of drug-likeness (QED) is 0.543. The van der Waals surface area contributed by atoms with E-state index in [9.17, 15) is 4.39 Å². The molecule has 0 heterocycles. The van der Waals surface area contributed by atoms with Gasteiger partial charge in [0.15, 0.2) is 0 Å². The molecular formula is C22H20FN. The van der Waals surface area contributed by atoms with E-state index in [2.05, 4.69) is 30.0 Å².